The van der Waals surface area contributed by atoms with Crippen LogP contribution in [-0.4, -0.2) is 48.9 Å². The van der Waals surface area contributed by atoms with Gasteiger partial charge in [0.2, 0.25) is 0 Å². The number of carbonyl (C=O) groups is 1. The summed E-state index contributed by atoms with van der Waals surface area (Å²) in [4.78, 5) is 15.5. The first-order valence-corrected chi connectivity index (χ1v) is 11.9. The molecule has 29 heavy (non-hydrogen) atoms. The van der Waals surface area contributed by atoms with Crippen molar-refractivity contribution in [3.63, 3.8) is 0 Å². The maximum Gasteiger partial charge on any atom is 0.345 e. The van der Waals surface area contributed by atoms with Crippen LogP contribution in [0.15, 0.2) is 40.4 Å². The Balaban J connectivity index is 1.69. The fraction of sp³-hybridized carbons (Fsp3) is 0.545. The van der Waals surface area contributed by atoms with E-state index in [1.54, 1.807) is 6.08 Å². The van der Waals surface area contributed by atoms with Crippen LogP contribution in [0.4, 0.5) is 0 Å². The van der Waals surface area contributed by atoms with Crippen molar-refractivity contribution in [3.05, 3.63) is 47.2 Å². The molecule has 0 N–H and O–H groups in total. The number of rotatable bonds is 2. The maximum atomic E-state index is 13.5. The number of allylic oxidation sites excluding steroid dienone is 1. The molecule has 3 aliphatic rings. The first-order chi connectivity index (χ1) is 13.8. The fourth-order valence-corrected chi connectivity index (χ4v) is 5.83. The van der Waals surface area contributed by atoms with Crippen LogP contribution < -0.4 is 0 Å². The number of aryl methyl sites for hydroxylation is 1. The lowest BCUT2D eigenvalue weighted by molar-refractivity contribution is -0.135. The molecule has 1 saturated heterocycles. The van der Waals surface area contributed by atoms with Crippen LogP contribution in [-0.2, 0) is 15.0 Å². The molecule has 4 rings (SSSR count). The van der Waals surface area contributed by atoms with Gasteiger partial charge in [-0.2, -0.15) is 8.42 Å². The monoisotopic (exact) mass is 415 g/mol. The molecule has 1 amide bonds. The van der Waals surface area contributed by atoms with Crippen molar-refractivity contribution < 1.29 is 13.2 Å². The van der Waals surface area contributed by atoms with E-state index in [1.165, 1.54) is 13.5 Å². The SMILES string of the molecule is Cc1ccc(C2=NS(=O)(=O)N(C)C(C(=O)N3CC[C@H](C)[C@@H]4CCCC[C@H]43)=C2)cc1. The van der Waals surface area contributed by atoms with Crippen LogP contribution in [0.2, 0.25) is 0 Å². The van der Waals surface area contributed by atoms with E-state index in [0.717, 1.165) is 35.6 Å². The summed E-state index contributed by atoms with van der Waals surface area (Å²) in [5.74, 6) is 0.924. The lowest BCUT2D eigenvalue weighted by atomic mass is 9.72. The Morgan fingerprint density at radius 2 is 1.79 bits per heavy atom. The Morgan fingerprint density at radius 3 is 2.52 bits per heavy atom. The largest absolute Gasteiger partial charge is 0.345 e. The van der Waals surface area contributed by atoms with Gasteiger partial charge in [-0.05, 0) is 44.1 Å². The molecule has 0 radical (unpaired) electrons. The van der Waals surface area contributed by atoms with Crippen LogP contribution in [0.3, 0.4) is 0 Å². The molecule has 1 aromatic carbocycles. The minimum Gasteiger partial charge on any atom is -0.334 e. The molecular weight excluding hydrogens is 386 g/mol. The average Bonchev–Trinajstić information content (AvgIpc) is 2.70. The van der Waals surface area contributed by atoms with E-state index in [-0.39, 0.29) is 17.6 Å². The second-order valence-corrected chi connectivity index (χ2v) is 10.2. The molecule has 0 spiro atoms. The first-order valence-electron chi connectivity index (χ1n) is 10.5. The van der Waals surface area contributed by atoms with Crippen LogP contribution >= 0.6 is 0 Å². The third kappa shape index (κ3) is 3.72. The summed E-state index contributed by atoms with van der Waals surface area (Å²) in [6.45, 7) is 4.94. The Hall–Kier alpha value is -2.15. The number of likely N-dealkylation sites (N-methyl/N-ethyl adjacent to an activating group) is 1. The molecule has 0 bridgehead atoms. The molecule has 2 fully saturated rings. The second kappa shape index (κ2) is 7.59. The van der Waals surface area contributed by atoms with Gasteiger partial charge >= 0.3 is 10.2 Å². The van der Waals surface area contributed by atoms with Gasteiger partial charge < -0.3 is 4.90 Å². The predicted molar refractivity (Wildman–Crippen MR) is 114 cm³/mol. The first kappa shape index (κ1) is 20.1. The maximum absolute atomic E-state index is 13.5. The molecule has 2 heterocycles. The van der Waals surface area contributed by atoms with E-state index >= 15 is 0 Å². The summed E-state index contributed by atoms with van der Waals surface area (Å²) in [7, 11) is -2.52. The van der Waals surface area contributed by atoms with E-state index in [2.05, 4.69) is 11.3 Å². The summed E-state index contributed by atoms with van der Waals surface area (Å²) < 4.78 is 30.3. The number of carbonyl (C=O) groups excluding carboxylic acids is 1. The molecule has 0 unspecified atom stereocenters. The van der Waals surface area contributed by atoms with Gasteiger partial charge in [0, 0.05) is 25.2 Å². The molecule has 6 nitrogen and oxygen atoms in total. The molecule has 2 aliphatic heterocycles. The van der Waals surface area contributed by atoms with Crippen LogP contribution in [0, 0.1) is 18.8 Å². The highest BCUT2D eigenvalue weighted by Crippen LogP contribution is 2.39. The van der Waals surface area contributed by atoms with Crippen molar-refractivity contribution in [2.24, 2.45) is 16.2 Å². The third-order valence-corrected chi connectivity index (χ3v) is 8.05. The number of nitrogens with zero attached hydrogens (tertiary/aromatic N) is 3. The van der Waals surface area contributed by atoms with Crippen molar-refractivity contribution >= 4 is 21.8 Å². The zero-order valence-electron chi connectivity index (χ0n) is 17.3. The van der Waals surface area contributed by atoms with Gasteiger partial charge in [0.25, 0.3) is 5.91 Å². The van der Waals surface area contributed by atoms with Crippen LogP contribution in [0.25, 0.3) is 0 Å². The molecule has 1 saturated carbocycles. The Bertz CT molecular complexity index is 966. The number of amides is 1. The number of likely N-dealkylation sites (tertiary alicyclic amines) is 1. The lowest BCUT2D eigenvalue weighted by Gasteiger charge is -2.47. The number of piperidine rings is 1. The summed E-state index contributed by atoms with van der Waals surface area (Å²) >= 11 is 0. The molecule has 1 aromatic rings. The summed E-state index contributed by atoms with van der Waals surface area (Å²) in [5, 5.41) is 0. The minimum atomic E-state index is -3.94. The molecule has 0 aromatic heterocycles. The van der Waals surface area contributed by atoms with Gasteiger partial charge in [-0.1, -0.05) is 49.6 Å². The molecule has 156 valence electrons. The molecule has 1 aliphatic carbocycles. The number of fused-ring (bicyclic) bond motifs is 1. The van der Waals surface area contributed by atoms with E-state index in [4.69, 9.17) is 0 Å². The highest BCUT2D eigenvalue weighted by molar-refractivity contribution is 7.88. The van der Waals surface area contributed by atoms with Crippen molar-refractivity contribution in [1.82, 2.24) is 9.21 Å². The number of benzene rings is 1. The van der Waals surface area contributed by atoms with Gasteiger partial charge in [0.05, 0.1) is 5.71 Å². The average molecular weight is 416 g/mol. The Labute approximate surface area is 173 Å². The second-order valence-electron chi connectivity index (χ2n) is 8.60. The quantitative estimate of drug-likeness (QED) is 0.744. The van der Waals surface area contributed by atoms with Crippen molar-refractivity contribution in [1.29, 1.82) is 0 Å². The zero-order valence-corrected chi connectivity index (χ0v) is 18.2. The Morgan fingerprint density at radius 1 is 1.10 bits per heavy atom. The van der Waals surface area contributed by atoms with Gasteiger partial charge in [-0.25, -0.2) is 4.31 Å². The molecule has 7 heteroatoms. The number of hydrogen-bond acceptors (Lipinski definition) is 3. The van der Waals surface area contributed by atoms with E-state index < -0.39 is 10.2 Å². The van der Waals surface area contributed by atoms with Gasteiger partial charge in [-0.15, -0.1) is 4.40 Å². The predicted octanol–water partition coefficient (Wildman–Crippen LogP) is 3.29. The van der Waals surface area contributed by atoms with Gasteiger partial charge in [-0.3, -0.25) is 4.79 Å². The highest BCUT2D eigenvalue weighted by atomic mass is 32.2. The van der Waals surface area contributed by atoms with E-state index in [9.17, 15) is 13.2 Å². The van der Waals surface area contributed by atoms with Gasteiger partial charge in [0.15, 0.2) is 0 Å². The minimum absolute atomic E-state index is 0.189. The molecular formula is C22H29N3O3S. The molecule has 3 atom stereocenters. The normalized spacial score (nSPS) is 29.0. The standard InChI is InChI=1S/C22H29N3O3S/c1-15-8-10-17(11-9-15)19-14-21(24(3)29(27,28)23-19)22(26)25-13-12-16(2)18-6-4-5-7-20(18)25/h8-11,14,16,18,20H,4-7,12-13H2,1-3H3/t16-,18-,20+/m0/s1. The van der Waals surface area contributed by atoms with Crippen LogP contribution in [0.5, 0.6) is 0 Å². The lowest BCUT2D eigenvalue weighted by Crippen LogP contribution is -2.54. The highest BCUT2D eigenvalue weighted by Gasteiger charge is 2.42. The van der Waals surface area contributed by atoms with Crippen molar-refractivity contribution in [3.8, 4) is 0 Å². The van der Waals surface area contributed by atoms with E-state index in [0.29, 0.717) is 29.7 Å². The topological polar surface area (TPSA) is 70.0 Å². The fourth-order valence-electron chi connectivity index (χ4n) is 4.93. The van der Waals surface area contributed by atoms with Crippen LogP contribution in [0.1, 0.15) is 50.2 Å². The number of hydrogen-bond donors (Lipinski definition) is 0. The summed E-state index contributed by atoms with van der Waals surface area (Å²) in [5.41, 5.74) is 2.28. The smallest absolute Gasteiger partial charge is 0.334 e. The van der Waals surface area contributed by atoms with Gasteiger partial charge in [0.1, 0.15) is 5.70 Å². The summed E-state index contributed by atoms with van der Waals surface area (Å²) in [6.07, 6.45) is 7.09. The van der Waals surface area contributed by atoms with E-state index in [1.807, 2.05) is 36.1 Å². The zero-order chi connectivity index (χ0) is 20.8. The third-order valence-electron chi connectivity index (χ3n) is 6.74. The van der Waals surface area contributed by atoms with Crippen molar-refractivity contribution in [2.45, 2.75) is 52.0 Å². The summed E-state index contributed by atoms with van der Waals surface area (Å²) in [6, 6.07) is 7.72. The Kier molecular flexibility index (Phi) is 5.27. The van der Waals surface area contributed by atoms with Crippen molar-refractivity contribution in [2.75, 3.05) is 13.6 Å².